The first-order valence-electron chi connectivity index (χ1n) is 8.33. The molecule has 2 aliphatic rings. The van der Waals surface area contributed by atoms with Crippen molar-refractivity contribution in [1.82, 2.24) is 14.9 Å². The van der Waals surface area contributed by atoms with Crippen LogP contribution in [0.2, 0.25) is 0 Å². The van der Waals surface area contributed by atoms with Gasteiger partial charge in [-0.15, -0.1) is 0 Å². The van der Waals surface area contributed by atoms with Gasteiger partial charge in [0.15, 0.2) is 0 Å². The van der Waals surface area contributed by atoms with Gasteiger partial charge in [-0.1, -0.05) is 0 Å². The molecule has 0 N–H and O–H groups in total. The van der Waals surface area contributed by atoms with Gasteiger partial charge in [-0.05, 0) is 31.7 Å². The molecule has 0 bridgehead atoms. The van der Waals surface area contributed by atoms with Crippen LogP contribution in [0, 0.1) is 12.8 Å². The molecule has 8 heteroatoms. The fourth-order valence-electron chi connectivity index (χ4n) is 3.67. The Hall–Kier alpha value is -1.70. The lowest BCUT2D eigenvalue weighted by Gasteiger charge is -2.36. The molecule has 7 nitrogen and oxygen atoms in total. The maximum atomic E-state index is 12.3. The first kappa shape index (κ1) is 17.1. The molecular weight excluding hydrogens is 328 g/mol. The van der Waals surface area contributed by atoms with Crippen molar-refractivity contribution >= 4 is 21.7 Å². The SMILES string of the molecule is Cc1ccnc(N2CCC(N3CC(CS(C)(=O)=O)CC3=O)CC2)n1. The van der Waals surface area contributed by atoms with Crippen molar-refractivity contribution in [2.24, 2.45) is 5.92 Å². The van der Waals surface area contributed by atoms with E-state index in [1.54, 1.807) is 6.20 Å². The van der Waals surface area contributed by atoms with Crippen molar-refractivity contribution in [1.29, 1.82) is 0 Å². The van der Waals surface area contributed by atoms with Crippen molar-refractivity contribution < 1.29 is 13.2 Å². The first-order valence-corrected chi connectivity index (χ1v) is 10.4. The summed E-state index contributed by atoms with van der Waals surface area (Å²) >= 11 is 0. The van der Waals surface area contributed by atoms with Gasteiger partial charge in [0.05, 0.1) is 5.75 Å². The second kappa shape index (κ2) is 6.66. The van der Waals surface area contributed by atoms with Crippen LogP contribution in [0.25, 0.3) is 0 Å². The number of aromatic nitrogens is 2. The van der Waals surface area contributed by atoms with Crippen LogP contribution in [0.3, 0.4) is 0 Å². The van der Waals surface area contributed by atoms with E-state index >= 15 is 0 Å². The summed E-state index contributed by atoms with van der Waals surface area (Å²) in [6.45, 7) is 4.14. The number of likely N-dealkylation sites (tertiary alicyclic amines) is 1. The number of amides is 1. The highest BCUT2D eigenvalue weighted by molar-refractivity contribution is 7.90. The molecule has 1 aromatic heterocycles. The van der Waals surface area contributed by atoms with Crippen LogP contribution >= 0.6 is 0 Å². The molecule has 0 aromatic carbocycles. The van der Waals surface area contributed by atoms with Gasteiger partial charge >= 0.3 is 0 Å². The Morgan fingerprint density at radius 3 is 2.62 bits per heavy atom. The second-order valence-corrected chi connectivity index (χ2v) is 9.11. The number of anilines is 1. The monoisotopic (exact) mass is 352 g/mol. The van der Waals surface area contributed by atoms with E-state index in [2.05, 4.69) is 14.9 Å². The molecule has 2 aliphatic heterocycles. The molecule has 1 atom stereocenters. The van der Waals surface area contributed by atoms with Crippen molar-refractivity contribution in [2.75, 3.05) is 36.5 Å². The number of hydrogen-bond acceptors (Lipinski definition) is 6. The minimum absolute atomic E-state index is 0.0642. The van der Waals surface area contributed by atoms with Gasteiger partial charge in [-0.25, -0.2) is 18.4 Å². The average Bonchev–Trinajstić information content (AvgIpc) is 2.86. The van der Waals surface area contributed by atoms with E-state index in [9.17, 15) is 13.2 Å². The largest absolute Gasteiger partial charge is 0.341 e. The van der Waals surface area contributed by atoms with Gasteiger partial charge < -0.3 is 9.80 Å². The zero-order valence-electron chi connectivity index (χ0n) is 14.2. The number of nitrogens with zero attached hydrogens (tertiary/aromatic N) is 4. The lowest BCUT2D eigenvalue weighted by Crippen LogP contribution is -2.46. The van der Waals surface area contributed by atoms with Gasteiger partial charge in [0.2, 0.25) is 11.9 Å². The standard InChI is InChI=1S/C16H24N4O3S/c1-12-3-6-17-16(18-12)19-7-4-14(5-8-19)20-10-13(9-15(20)21)11-24(2,22)23/h3,6,13-14H,4-5,7-11H2,1-2H3. The lowest BCUT2D eigenvalue weighted by molar-refractivity contribution is -0.130. The van der Waals surface area contributed by atoms with Gasteiger partial charge in [-0.3, -0.25) is 4.79 Å². The summed E-state index contributed by atoms with van der Waals surface area (Å²) in [4.78, 5) is 25.1. The zero-order chi connectivity index (χ0) is 17.3. The quantitative estimate of drug-likeness (QED) is 0.791. The molecule has 0 spiro atoms. The number of hydrogen-bond donors (Lipinski definition) is 0. The molecule has 2 saturated heterocycles. The zero-order valence-corrected chi connectivity index (χ0v) is 15.0. The Kier molecular flexibility index (Phi) is 4.76. The third kappa shape index (κ3) is 4.03. The number of aryl methyl sites for hydroxylation is 1. The summed E-state index contributed by atoms with van der Waals surface area (Å²) in [5.41, 5.74) is 0.945. The number of rotatable bonds is 4. The van der Waals surface area contributed by atoms with Gasteiger partial charge in [-0.2, -0.15) is 0 Å². The Balaban J connectivity index is 1.58. The average molecular weight is 352 g/mol. The third-order valence-corrected chi connectivity index (χ3v) is 5.82. The summed E-state index contributed by atoms with van der Waals surface area (Å²) in [7, 11) is -3.04. The van der Waals surface area contributed by atoms with Gasteiger partial charge in [0, 0.05) is 50.2 Å². The Bertz CT molecular complexity index is 714. The van der Waals surface area contributed by atoms with Crippen molar-refractivity contribution in [3.8, 4) is 0 Å². The van der Waals surface area contributed by atoms with Crippen LogP contribution in [0.4, 0.5) is 5.95 Å². The van der Waals surface area contributed by atoms with Crippen molar-refractivity contribution in [3.05, 3.63) is 18.0 Å². The van der Waals surface area contributed by atoms with Crippen molar-refractivity contribution in [3.63, 3.8) is 0 Å². The molecule has 1 amide bonds. The Labute approximate surface area is 143 Å². The van der Waals surface area contributed by atoms with E-state index < -0.39 is 9.84 Å². The fraction of sp³-hybridized carbons (Fsp3) is 0.688. The summed E-state index contributed by atoms with van der Waals surface area (Å²) in [5.74, 6) is 0.876. The smallest absolute Gasteiger partial charge is 0.225 e. The topological polar surface area (TPSA) is 83.5 Å². The summed E-state index contributed by atoms with van der Waals surface area (Å²) < 4.78 is 22.9. The van der Waals surface area contributed by atoms with Crippen molar-refractivity contribution in [2.45, 2.75) is 32.2 Å². The molecule has 0 radical (unpaired) electrons. The molecule has 0 aliphatic carbocycles. The van der Waals surface area contributed by atoms with Crippen LogP contribution in [0.15, 0.2) is 12.3 Å². The predicted octanol–water partition coefficient (Wildman–Crippen LogP) is 0.647. The third-order valence-electron chi connectivity index (χ3n) is 4.75. The number of carbonyl (C=O) groups excluding carboxylic acids is 1. The Morgan fingerprint density at radius 1 is 1.29 bits per heavy atom. The highest BCUT2D eigenvalue weighted by atomic mass is 32.2. The van der Waals surface area contributed by atoms with E-state index in [-0.39, 0.29) is 23.6 Å². The normalized spacial score (nSPS) is 23.1. The second-order valence-electron chi connectivity index (χ2n) is 6.92. The summed E-state index contributed by atoms with van der Waals surface area (Å²) in [6.07, 6.45) is 5.10. The Morgan fingerprint density at radius 2 is 2.00 bits per heavy atom. The van der Waals surface area contributed by atoms with E-state index in [1.807, 2.05) is 17.9 Å². The minimum Gasteiger partial charge on any atom is -0.341 e. The van der Waals surface area contributed by atoms with E-state index in [4.69, 9.17) is 0 Å². The number of carbonyl (C=O) groups is 1. The molecule has 3 heterocycles. The summed E-state index contributed by atoms with van der Waals surface area (Å²) in [6, 6.07) is 2.07. The van der Waals surface area contributed by atoms with Crippen LogP contribution in [-0.2, 0) is 14.6 Å². The fourth-order valence-corrected chi connectivity index (χ4v) is 4.75. The predicted molar refractivity (Wildman–Crippen MR) is 91.5 cm³/mol. The van der Waals surface area contributed by atoms with Crippen LogP contribution in [0.5, 0.6) is 0 Å². The molecule has 0 saturated carbocycles. The molecule has 1 unspecified atom stereocenters. The highest BCUT2D eigenvalue weighted by Crippen LogP contribution is 2.27. The van der Waals surface area contributed by atoms with Crippen LogP contribution in [-0.4, -0.2) is 66.9 Å². The summed E-state index contributed by atoms with van der Waals surface area (Å²) in [5, 5.41) is 0. The lowest BCUT2D eigenvalue weighted by atomic mass is 10.0. The first-order chi connectivity index (χ1) is 11.3. The van der Waals surface area contributed by atoms with Gasteiger partial charge in [0.1, 0.15) is 9.84 Å². The van der Waals surface area contributed by atoms with Crippen LogP contribution < -0.4 is 4.90 Å². The number of sulfone groups is 1. The molecular formula is C16H24N4O3S. The maximum absolute atomic E-state index is 12.3. The molecule has 2 fully saturated rings. The van der Waals surface area contributed by atoms with Crippen LogP contribution in [0.1, 0.15) is 25.0 Å². The van der Waals surface area contributed by atoms with E-state index in [0.717, 1.165) is 37.6 Å². The minimum atomic E-state index is -3.04. The van der Waals surface area contributed by atoms with E-state index in [1.165, 1.54) is 6.26 Å². The molecule has 132 valence electrons. The van der Waals surface area contributed by atoms with E-state index in [0.29, 0.717) is 13.0 Å². The number of piperidine rings is 1. The highest BCUT2D eigenvalue weighted by Gasteiger charge is 2.37. The molecule has 24 heavy (non-hydrogen) atoms. The molecule has 1 aromatic rings. The van der Waals surface area contributed by atoms with Gasteiger partial charge in [0.25, 0.3) is 0 Å². The maximum Gasteiger partial charge on any atom is 0.225 e. The molecule has 3 rings (SSSR count).